The SMILES string of the molecule is CCOC(=O)C(C)NC(=O)Oc1ccc(C[C@H](NC(=O)c2ccccc2Cl)C(=O)O)cc1. The Balaban J connectivity index is 1.96. The molecule has 0 aliphatic heterocycles. The van der Waals surface area contributed by atoms with Gasteiger partial charge in [-0.1, -0.05) is 35.9 Å². The van der Waals surface area contributed by atoms with Gasteiger partial charge in [-0.05, 0) is 43.7 Å². The summed E-state index contributed by atoms with van der Waals surface area (Å²) < 4.78 is 9.89. The van der Waals surface area contributed by atoms with Crippen LogP contribution in [0.2, 0.25) is 5.02 Å². The highest BCUT2D eigenvalue weighted by Crippen LogP contribution is 2.16. The monoisotopic (exact) mass is 462 g/mol. The van der Waals surface area contributed by atoms with Crippen molar-refractivity contribution in [2.75, 3.05) is 6.61 Å². The van der Waals surface area contributed by atoms with E-state index in [1.165, 1.54) is 31.2 Å². The number of halogens is 1. The van der Waals surface area contributed by atoms with E-state index in [-0.39, 0.29) is 29.4 Å². The van der Waals surface area contributed by atoms with Crippen LogP contribution in [0.25, 0.3) is 0 Å². The number of hydrogen-bond acceptors (Lipinski definition) is 6. The fourth-order valence-electron chi connectivity index (χ4n) is 2.65. The molecule has 0 radical (unpaired) electrons. The minimum absolute atomic E-state index is 0.00209. The minimum Gasteiger partial charge on any atom is -0.480 e. The molecule has 2 amide bonds. The first-order chi connectivity index (χ1) is 15.2. The molecule has 0 aromatic heterocycles. The van der Waals surface area contributed by atoms with Crippen molar-refractivity contribution in [3.63, 3.8) is 0 Å². The molecule has 0 saturated heterocycles. The number of esters is 1. The van der Waals surface area contributed by atoms with Crippen LogP contribution in [-0.2, 0) is 20.7 Å². The average molecular weight is 463 g/mol. The quantitative estimate of drug-likeness (QED) is 0.488. The average Bonchev–Trinajstić information content (AvgIpc) is 2.74. The molecule has 2 atom stereocenters. The zero-order valence-electron chi connectivity index (χ0n) is 17.5. The van der Waals surface area contributed by atoms with Crippen molar-refractivity contribution in [3.8, 4) is 5.75 Å². The van der Waals surface area contributed by atoms with Crippen molar-refractivity contribution < 1.29 is 33.8 Å². The summed E-state index contributed by atoms with van der Waals surface area (Å²) >= 11 is 5.99. The molecule has 3 N–H and O–H groups in total. The highest BCUT2D eigenvalue weighted by Gasteiger charge is 2.22. The molecule has 0 fully saturated rings. The molecule has 10 heteroatoms. The Bertz CT molecular complexity index is 978. The van der Waals surface area contributed by atoms with Crippen LogP contribution in [0.1, 0.15) is 29.8 Å². The maximum absolute atomic E-state index is 12.4. The maximum Gasteiger partial charge on any atom is 0.413 e. The van der Waals surface area contributed by atoms with E-state index in [9.17, 15) is 24.3 Å². The number of aliphatic carboxylic acids is 1. The normalized spacial score (nSPS) is 12.2. The molecule has 0 bridgehead atoms. The molecule has 170 valence electrons. The molecule has 0 aliphatic rings. The van der Waals surface area contributed by atoms with Crippen LogP contribution >= 0.6 is 11.6 Å². The first-order valence-electron chi connectivity index (χ1n) is 9.73. The first kappa shape index (κ1) is 24.7. The molecule has 1 unspecified atom stereocenters. The van der Waals surface area contributed by atoms with Gasteiger partial charge in [-0.2, -0.15) is 0 Å². The number of hydrogen-bond donors (Lipinski definition) is 3. The van der Waals surface area contributed by atoms with Gasteiger partial charge in [0.15, 0.2) is 0 Å². The molecule has 2 rings (SSSR count). The number of carbonyl (C=O) groups is 4. The molecule has 32 heavy (non-hydrogen) atoms. The zero-order valence-corrected chi connectivity index (χ0v) is 18.2. The van der Waals surface area contributed by atoms with Crippen LogP contribution in [0.4, 0.5) is 4.79 Å². The van der Waals surface area contributed by atoms with Crippen molar-refractivity contribution in [2.45, 2.75) is 32.4 Å². The van der Waals surface area contributed by atoms with E-state index >= 15 is 0 Å². The van der Waals surface area contributed by atoms with Gasteiger partial charge < -0.3 is 25.2 Å². The molecule has 0 aliphatic carbocycles. The number of rotatable bonds is 9. The zero-order chi connectivity index (χ0) is 23.7. The standard InChI is InChI=1S/C22H23ClN2O7/c1-3-31-21(29)13(2)24-22(30)32-15-10-8-14(9-11-15)12-18(20(27)28)25-19(26)16-6-4-5-7-17(16)23/h4-11,13,18H,3,12H2,1-2H3,(H,24,30)(H,25,26)(H,27,28)/t13?,18-/m0/s1. The Kier molecular flexibility index (Phi) is 9.03. The Hall–Kier alpha value is -3.59. The van der Waals surface area contributed by atoms with E-state index in [1.54, 1.807) is 31.2 Å². The summed E-state index contributed by atoms with van der Waals surface area (Å²) in [7, 11) is 0. The summed E-state index contributed by atoms with van der Waals surface area (Å²) in [6, 6.07) is 10.3. The number of carboxylic acid groups (broad SMARTS) is 1. The molecule has 0 saturated carbocycles. The van der Waals surface area contributed by atoms with E-state index in [0.29, 0.717) is 5.56 Å². The third kappa shape index (κ3) is 7.28. The smallest absolute Gasteiger partial charge is 0.413 e. The number of carbonyl (C=O) groups excluding carboxylic acids is 3. The summed E-state index contributed by atoms with van der Waals surface area (Å²) in [5.41, 5.74) is 0.761. The molecular formula is C22H23ClN2O7. The van der Waals surface area contributed by atoms with Crippen molar-refractivity contribution >= 4 is 35.5 Å². The summed E-state index contributed by atoms with van der Waals surface area (Å²) in [6.45, 7) is 3.31. The van der Waals surface area contributed by atoms with Gasteiger partial charge in [-0.25, -0.2) is 14.4 Å². The highest BCUT2D eigenvalue weighted by atomic mass is 35.5. The van der Waals surface area contributed by atoms with Crippen molar-refractivity contribution in [1.29, 1.82) is 0 Å². The lowest BCUT2D eigenvalue weighted by molar-refractivity contribution is -0.145. The van der Waals surface area contributed by atoms with Gasteiger partial charge in [0, 0.05) is 6.42 Å². The number of amides is 2. The van der Waals surface area contributed by atoms with Crippen LogP contribution in [0, 0.1) is 0 Å². The lowest BCUT2D eigenvalue weighted by atomic mass is 10.1. The van der Waals surface area contributed by atoms with Gasteiger partial charge >= 0.3 is 18.0 Å². The van der Waals surface area contributed by atoms with E-state index in [0.717, 1.165) is 0 Å². The van der Waals surface area contributed by atoms with E-state index in [4.69, 9.17) is 21.1 Å². The third-order valence-electron chi connectivity index (χ3n) is 4.27. The Morgan fingerprint density at radius 1 is 1.03 bits per heavy atom. The van der Waals surface area contributed by atoms with Crippen LogP contribution in [-0.4, -0.2) is 47.7 Å². The fraction of sp³-hybridized carbons (Fsp3) is 0.273. The first-order valence-corrected chi connectivity index (χ1v) is 10.1. The van der Waals surface area contributed by atoms with Crippen LogP contribution < -0.4 is 15.4 Å². The molecule has 0 heterocycles. The predicted molar refractivity (Wildman–Crippen MR) is 116 cm³/mol. The van der Waals surface area contributed by atoms with Crippen molar-refractivity contribution in [2.24, 2.45) is 0 Å². The summed E-state index contributed by atoms with van der Waals surface area (Å²) in [5.74, 6) is -2.21. The highest BCUT2D eigenvalue weighted by molar-refractivity contribution is 6.33. The van der Waals surface area contributed by atoms with Gasteiger partial charge in [0.05, 0.1) is 17.2 Å². The third-order valence-corrected chi connectivity index (χ3v) is 4.60. The molecule has 2 aromatic carbocycles. The number of carboxylic acids is 1. The number of ether oxygens (including phenoxy) is 2. The van der Waals surface area contributed by atoms with Crippen LogP contribution in [0.5, 0.6) is 5.75 Å². The second-order valence-corrected chi connectivity index (χ2v) is 7.11. The van der Waals surface area contributed by atoms with Gasteiger partial charge in [-0.15, -0.1) is 0 Å². The van der Waals surface area contributed by atoms with Crippen molar-refractivity contribution in [3.05, 3.63) is 64.7 Å². The van der Waals surface area contributed by atoms with Crippen LogP contribution in [0.3, 0.4) is 0 Å². The van der Waals surface area contributed by atoms with Gasteiger partial charge in [0.2, 0.25) is 0 Å². The minimum atomic E-state index is -1.21. The summed E-state index contributed by atoms with van der Waals surface area (Å²) in [6.07, 6.45) is -0.841. The molecular weight excluding hydrogens is 440 g/mol. The predicted octanol–water partition coefficient (Wildman–Crippen LogP) is 2.81. The fourth-order valence-corrected chi connectivity index (χ4v) is 2.87. The molecule has 0 spiro atoms. The number of nitrogens with one attached hydrogen (secondary N) is 2. The van der Waals surface area contributed by atoms with Crippen molar-refractivity contribution in [1.82, 2.24) is 10.6 Å². The Morgan fingerprint density at radius 3 is 2.28 bits per heavy atom. The van der Waals surface area contributed by atoms with Crippen LogP contribution in [0.15, 0.2) is 48.5 Å². The molecule has 9 nitrogen and oxygen atoms in total. The lowest BCUT2D eigenvalue weighted by Crippen LogP contribution is -2.42. The Morgan fingerprint density at radius 2 is 1.69 bits per heavy atom. The topological polar surface area (TPSA) is 131 Å². The summed E-state index contributed by atoms with van der Waals surface area (Å²) in [4.78, 5) is 47.4. The number of benzene rings is 2. The Labute approximate surface area is 189 Å². The largest absolute Gasteiger partial charge is 0.480 e. The van der Waals surface area contributed by atoms with E-state index in [2.05, 4.69) is 10.6 Å². The second-order valence-electron chi connectivity index (χ2n) is 6.70. The maximum atomic E-state index is 12.4. The second kappa shape index (κ2) is 11.7. The molecule has 2 aromatic rings. The van der Waals surface area contributed by atoms with E-state index < -0.39 is 36.0 Å². The van der Waals surface area contributed by atoms with E-state index in [1.807, 2.05) is 0 Å². The van der Waals surface area contributed by atoms with Gasteiger partial charge in [0.1, 0.15) is 17.8 Å². The summed E-state index contributed by atoms with van der Waals surface area (Å²) in [5, 5.41) is 14.5. The van der Waals surface area contributed by atoms with Gasteiger partial charge in [0.25, 0.3) is 5.91 Å². The van der Waals surface area contributed by atoms with Gasteiger partial charge in [-0.3, -0.25) is 4.79 Å². The lowest BCUT2D eigenvalue weighted by Gasteiger charge is -2.16.